The summed E-state index contributed by atoms with van der Waals surface area (Å²) in [6.45, 7) is 6.64. The van der Waals surface area contributed by atoms with E-state index in [-0.39, 0.29) is 6.54 Å². The predicted molar refractivity (Wildman–Crippen MR) is 104 cm³/mol. The van der Waals surface area contributed by atoms with Crippen LogP contribution in [0.2, 0.25) is 0 Å². The Hall–Kier alpha value is -1.63. The lowest BCUT2D eigenvalue weighted by molar-refractivity contribution is -0.968. The highest BCUT2D eigenvalue weighted by Gasteiger charge is 2.52. The first kappa shape index (κ1) is 25.4. The summed E-state index contributed by atoms with van der Waals surface area (Å²) >= 11 is 0. The summed E-state index contributed by atoms with van der Waals surface area (Å²) in [5, 5.41) is 28.6. The Kier molecular flexibility index (Phi) is 11.9. The molecule has 0 saturated carbocycles. The lowest BCUT2D eigenvalue weighted by Gasteiger charge is -2.47. The van der Waals surface area contributed by atoms with E-state index in [9.17, 15) is 29.7 Å². The molecule has 158 valence electrons. The van der Waals surface area contributed by atoms with Crippen molar-refractivity contribution < 1.29 is 34.2 Å². The van der Waals surface area contributed by atoms with E-state index < -0.39 is 40.5 Å². The van der Waals surface area contributed by atoms with Crippen LogP contribution in [0.25, 0.3) is 0 Å². The van der Waals surface area contributed by atoms with Gasteiger partial charge in [-0.05, 0) is 33.6 Å². The topological polar surface area (TPSA) is 112 Å². The molecule has 0 aromatic heterocycles. The highest BCUT2D eigenvalue weighted by atomic mass is 16.4. The minimum absolute atomic E-state index is 0.226. The molecule has 27 heavy (non-hydrogen) atoms. The highest BCUT2D eigenvalue weighted by molar-refractivity contribution is 5.77. The van der Waals surface area contributed by atoms with E-state index in [1.54, 1.807) is 0 Å². The van der Waals surface area contributed by atoms with Crippen molar-refractivity contribution >= 4 is 17.9 Å². The molecule has 0 aliphatic carbocycles. The molecule has 3 unspecified atom stereocenters. The first-order valence-electron chi connectivity index (χ1n) is 10.2. The minimum atomic E-state index is -1.17. The zero-order chi connectivity index (χ0) is 21.0. The third-order valence-corrected chi connectivity index (χ3v) is 5.88. The fourth-order valence-electron chi connectivity index (χ4n) is 3.90. The van der Waals surface area contributed by atoms with Gasteiger partial charge in [-0.2, -0.15) is 0 Å². The Morgan fingerprint density at radius 3 is 1.22 bits per heavy atom. The Bertz CT molecular complexity index is 429. The molecule has 0 amide bonds. The second-order valence-electron chi connectivity index (χ2n) is 7.59. The zero-order valence-corrected chi connectivity index (χ0v) is 17.3. The van der Waals surface area contributed by atoms with Gasteiger partial charge < -0.3 is 15.3 Å². The molecule has 0 radical (unpaired) electrons. The first-order chi connectivity index (χ1) is 12.6. The Morgan fingerprint density at radius 1 is 0.630 bits per heavy atom. The van der Waals surface area contributed by atoms with Crippen molar-refractivity contribution in [2.45, 2.75) is 104 Å². The smallest absolute Gasteiger partial charge is 0.362 e. The molecule has 0 aromatic rings. The van der Waals surface area contributed by atoms with Gasteiger partial charge in [0.2, 0.25) is 0 Å². The summed E-state index contributed by atoms with van der Waals surface area (Å²) in [7, 11) is 0. The van der Waals surface area contributed by atoms with Crippen LogP contribution in [0.1, 0.15) is 85.5 Å². The van der Waals surface area contributed by atoms with Crippen molar-refractivity contribution in [2.75, 3.05) is 6.54 Å². The summed E-state index contributed by atoms with van der Waals surface area (Å²) in [5.41, 5.74) is 0. The molecule has 0 aromatic carbocycles. The van der Waals surface area contributed by atoms with Crippen molar-refractivity contribution in [3.05, 3.63) is 0 Å². The van der Waals surface area contributed by atoms with Gasteiger partial charge in [-0.3, -0.25) is 4.48 Å². The van der Waals surface area contributed by atoms with Crippen molar-refractivity contribution in [3.63, 3.8) is 0 Å². The van der Waals surface area contributed by atoms with Gasteiger partial charge in [0.25, 0.3) is 0 Å². The third kappa shape index (κ3) is 7.48. The van der Waals surface area contributed by atoms with Crippen LogP contribution in [-0.4, -0.2) is 62.4 Å². The first-order valence-corrected chi connectivity index (χ1v) is 10.2. The molecule has 0 aliphatic heterocycles. The molecule has 3 atom stereocenters. The van der Waals surface area contributed by atoms with E-state index in [2.05, 4.69) is 6.92 Å². The van der Waals surface area contributed by atoms with Crippen LogP contribution in [0.3, 0.4) is 0 Å². The van der Waals surface area contributed by atoms with Gasteiger partial charge in [-0.1, -0.05) is 51.9 Å². The summed E-state index contributed by atoms with van der Waals surface area (Å²) in [6, 6.07) is -3.34. The van der Waals surface area contributed by atoms with Crippen molar-refractivity contribution in [2.24, 2.45) is 0 Å². The lowest BCUT2D eigenvalue weighted by atomic mass is 10.00. The molecule has 7 heteroatoms. The molecule has 0 heterocycles. The number of unbranched alkanes of at least 4 members (excludes halogenated alkanes) is 8. The van der Waals surface area contributed by atoms with E-state index in [0.29, 0.717) is 6.42 Å². The molecular weight excluding hydrogens is 350 g/mol. The summed E-state index contributed by atoms with van der Waals surface area (Å²) < 4.78 is -0.476. The van der Waals surface area contributed by atoms with E-state index in [4.69, 9.17) is 0 Å². The maximum Gasteiger partial charge on any atom is 0.362 e. The van der Waals surface area contributed by atoms with Crippen LogP contribution in [0.4, 0.5) is 0 Å². The number of quaternary nitrogens is 1. The second kappa shape index (κ2) is 12.7. The molecule has 7 nitrogen and oxygen atoms in total. The van der Waals surface area contributed by atoms with Gasteiger partial charge in [0.15, 0.2) is 18.1 Å². The molecule has 0 rings (SSSR count). The van der Waals surface area contributed by atoms with Crippen molar-refractivity contribution in [1.29, 1.82) is 0 Å². The van der Waals surface area contributed by atoms with Gasteiger partial charge in [0.05, 0.1) is 6.54 Å². The number of hydrogen-bond donors (Lipinski definition) is 3. The Balaban J connectivity index is 5.02. The van der Waals surface area contributed by atoms with Gasteiger partial charge >= 0.3 is 17.9 Å². The normalized spacial score (nSPS) is 16.9. The van der Waals surface area contributed by atoms with Crippen LogP contribution >= 0.6 is 0 Å². The minimum Gasteiger partial charge on any atom is -0.477 e. The van der Waals surface area contributed by atoms with Crippen LogP contribution < -0.4 is 0 Å². The van der Waals surface area contributed by atoms with E-state index in [1.165, 1.54) is 52.9 Å². The number of carbonyl (C=O) groups is 3. The second-order valence-corrected chi connectivity index (χ2v) is 7.59. The number of hydrogen-bond acceptors (Lipinski definition) is 3. The maximum absolute atomic E-state index is 11.7. The SMILES string of the molecule is CCCCCCCCCCC[N+](C(C)C(=O)O)(C(C)C(=O)O)C(C)C(=O)O. The molecule has 0 bridgehead atoms. The molecular formula is C20H38NO6+. The van der Waals surface area contributed by atoms with Crippen LogP contribution in [0.15, 0.2) is 0 Å². The van der Waals surface area contributed by atoms with Crippen LogP contribution in [0.5, 0.6) is 0 Å². The predicted octanol–water partition coefficient (Wildman–Crippen LogP) is 3.75. The van der Waals surface area contributed by atoms with Gasteiger partial charge in [-0.15, -0.1) is 0 Å². The van der Waals surface area contributed by atoms with Gasteiger partial charge in [0.1, 0.15) is 0 Å². The Labute approximate surface area is 163 Å². The average Bonchev–Trinajstić information content (AvgIpc) is 2.61. The van der Waals surface area contributed by atoms with Crippen molar-refractivity contribution in [3.8, 4) is 0 Å². The standard InChI is InChI=1S/C20H37NO6/c1-5-6-7-8-9-10-11-12-13-14-21(15(2)18(22)23,16(3)19(24)25)17(4)20(26)27/h15-17H,5-14H2,1-4H3,(H2-,22,23,24,25,26,27)/p+1. The summed E-state index contributed by atoms with van der Waals surface area (Å²) in [4.78, 5) is 35.0. The molecule has 0 aliphatic rings. The molecule has 0 saturated heterocycles. The quantitative estimate of drug-likeness (QED) is 0.274. The van der Waals surface area contributed by atoms with E-state index >= 15 is 0 Å². The average molecular weight is 389 g/mol. The number of nitrogens with zero attached hydrogens (tertiary/aromatic N) is 1. The Morgan fingerprint density at radius 2 is 0.926 bits per heavy atom. The van der Waals surface area contributed by atoms with E-state index in [0.717, 1.165) is 19.3 Å². The molecule has 0 spiro atoms. The summed E-state index contributed by atoms with van der Waals surface area (Å²) in [6.07, 6.45) is 9.66. The van der Waals surface area contributed by atoms with Crippen molar-refractivity contribution in [1.82, 2.24) is 0 Å². The number of rotatable bonds is 16. The molecule has 0 fully saturated rings. The molecule has 3 N–H and O–H groups in total. The number of carboxylic acids is 3. The third-order valence-electron chi connectivity index (χ3n) is 5.88. The van der Waals surface area contributed by atoms with Gasteiger partial charge in [-0.25, -0.2) is 14.4 Å². The largest absolute Gasteiger partial charge is 0.477 e. The van der Waals surface area contributed by atoms with Crippen LogP contribution in [0, 0.1) is 0 Å². The maximum atomic E-state index is 11.7. The fourth-order valence-corrected chi connectivity index (χ4v) is 3.90. The summed E-state index contributed by atoms with van der Waals surface area (Å²) in [5.74, 6) is -3.52. The highest BCUT2D eigenvalue weighted by Crippen LogP contribution is 2.27. The van der Waals surface area contributed by atoms with Crippen LogP contribution in [-0.2, 0) is 14.4 Å². The monoisotopic (exact) mass is 388 g/mol. The lowest BCUT2D eigenvalue weighted by Crippen LogP contribution is -2.70. The van der Waals surface area contributed by atoms with Gasteiger partial charge in [0, 0.05) is 0 Å². The van der Waals surface area contributed by atoms with E-state index in [1.807, 2.05) is 0 Å². The number of carboxylic acid groups (broad SMARTS) is 3. The zero-order valence-electron chi connectivity index (χ0n) is 17.3. The number of aliphatic carboxylic acids is 3. The fraction of sp³-hybridized carbons (Fsp3) is 0.850.